The van der Waals surface area contributed by atoms with Crippen LogP contribution in [0.3, 0.4) is 0 Å². The summed E-state index contributed by atoms with van der Waals surface area (Å²) in [7, 11) is 0. The lowest BCUT2D eigenvalue weighted by atomic mass is 10.1. The van der Waals surface area contributed by atoms with E-state index < -0.39 is 6.04 Å². The number of carbonyl (C=O) groups excluding carboxylic acids is 2. The Morgan fingerprint density at radius 2 is 2.00 bits per heavy atom. The molecule has 2 aromatic rings. The SMILES string of the molecule is CCc1c(C(=O)NC(C)C(=O)NC(C)(C)C)cnn1-c1cccc(Cl)c1. The van der Waals surface area contributed by atoms with Crippen LogP contribution in [0, 0.1) is 0 Å². The number of aromatic nitrogens is 2. The fourth-order valence-corrected chi connectivity index (χ4v) is 2.74. The van der Waals surface area contributed by atoms with Gasteiger partial charge in [-0.15, -0.1) is 0 Å². The topological polar surface area (TPSA) is 76.0 Å². The van der Waals surface area contributed by atoms with Gasteiger partial charge in [0.15, 0.2) is 0 Å². The average molecular weight is 377 g/mol. The molecule has 0 fully saturated rings. The fraction of sp³-hybridized carbons (Fsp3) is 0.421. The van der Waals surface area contributed by atoms with Gasteiger partial charge in [-0.3, -0.25) is 9.59 Å². The predicted octanol–water partition coefficient (Wildman–Crippen LogP) is 3.12. The van der Waals surface area contributed by atoms with Gasteiger partial charge >= 0.3 is 0 Å². The van der Waals surface area contributed by atoms with Crippen molar-refractivity contribution in [3.05, 3.63) is 46.7 Å². The molecule has 0 aliphatic rings. The first-order chi connectivity index (χ1) is 12.1. The summed E-state index contributed by atoms with van der Waals surface area (Å²) in [6, 6.07) is 6.62. The predicted molar refractivity (Wildman–Crippen MR) is 103 cm³/mol. The maximum absolute atomic E-state index is 12.6. The molecule has 2 rings (SSSR count). The number of amides is 2. The highest BCUT2D eigenvalue weighted by atomic mass is 35.5. The summed E-state index contributed by atoms with van der Waals surface area (Å²) in [5, 5.41) is 10.5. The van der Waals surface area contributed by atoms with Crippen LogP contribution in [0.2, 0.25) is 5.02 Å². The Hall–Kier alpha value is -2.34. The summed E-state index contributed by atoms with van der Waals surface area (Å²) in [5.74, 6) is -0.558. The number of nitrogens with one attached hydrogen (secondary N) is 2. The molecule has 0 saturated carbocycles. The third kappa shape index (κ3) is 4.85. The Morgan fingerprint density at radius 3 is 2.58 bits per heavy atom. The van der Waals surface area contributed by atoms with Gasteiger partial charge in [0.1, 0.15) is 6.04 Å². The third-order valence-corrected chi connectivity index (χ3v) is 3.98. The first-order valence-electron chi connectivity index (χ1n) is 8.58. The largest absolute Gasteiger partial charge is 0.350 e. The third-order valence-electron chi connectivity index (χ3n) is 3.74. The van der Waals surface area contributed by atoms with E-state index in [-0.39, 0.29) is 17.4 Å². The van der Waals surface area contributed by atoms with Gasteiger partial charge < -0.3 is 10.6 Å². The van der Waals surface area contributed by atoms with Crippen LogP contribution in [0.5, 0.6) is 0 Å². The minimum Gasteiger partial charge on any atom is -0.350 e. The van der Waals surface area contributed by atoms with Crippen molar-refractivity contribution in [1.29, 1.82) is 0 Å². The van der Waals surface area contributed by atoms with Gasteiger partial charge in [0, 0.05) is 10.6 Å². The number of nitrogens with zero attached hydrogens (tertiary/aromatic N) is 2. The Kier molecular flexibility index (Phi) is 6.08. The van der Waals surface area contributed by atoms with Crippen molar-refractivity contribution < 1.29 is 9.59 Å². The maximum Gasteiger partial charge on any atom is 0.255 e. The van der Waals surface area contributed by atoms with E-state index in [1.807, 2.05) is 39.8 Å². The second kappa shape index (κ2) is 7.91. The van der Waals surface area contributed by atoms with Crippen molar-refractivity contribution in [2.24, 2.45) is 0 Å². The van der Waals surface area contributed by atoms with E-state index in [2.05, 4.69) is 15.7 Å². The second-order valence-electron chi connectivity index (χ2n) is 7.18. The van der Waals surface area contributed by atoms with E-state index >= 15 is 0 Å². The molecule has 0 saturated heterocycles. The summed E-state index contributed by atoms with van der Waals surface area (Å²) in [5.41, 5.74) is 1.63. The van der Waals surface area contributed by atoms with Crippen LogP contribution in [-0.2, 0) is 11.2 Å². The van der Waals surface area contributed by atoms with Crippen molar-refractivity contribution in [2.45, 2.75) is 52.6 Å². The second-order valence-corrected chi connectivity index (χ2v) is 7.62. The molecule has 140 valence electrons. The Morgan fingerprint density at radius 1 is 1.31 bits per heavy atom. The van der Waals surface area contributed by atoms with E-state index in [0.29, 0.717) is 17.0 Å². The van der Waals surface area contributed by atoms with E-state index in [4.69, 9.17) is 11.6 Å². The molecular formula is C19H25ClN4O2. The Balaban J connectivity index is 2.21. The highest BCUT2D eigenvalue weighted by molar-refractivity contribution is 6.30. The monoisotopic (exact) mass is 376 g/mol. The van der Waals surface area contributed by atoms with Crippen molar-refractivity contribution in [2.75, 3.05) is 0 Å². The van der Waals surface area contributed by atoms with Gasteiger partial charge in [-0.2, -0.15) is 5.10 Å². The van der Waals surface area contributed by atoms with E-state index in [9.17, 15) is 9.59 Å². The number of benzene rings is 1. The zero-order chi connectivity index (χ0) is 19.5. The van der Waals surface area contributed by atoms with Crippen molar-refractivity contribution in [3.8, 4) is 5.69 Å². The number of hydrogen-bond donors (Lipinski definition) is 2. The van der Waals surface area contributed by atoms with Crippen LogP contribution < -0.4 is 10.6 Å². The molecule has 0 aliphatic heterocycles. The number of hydrogen-bond acceptors (Lipinski definition) is 3. The lowest BCUT2D eigenvalue weighted by Gasteiger charge is -2.23. The molecule has 1 aromatic heterocycles. The van der Waals surface area contributed by atoms with Crippen LogP contribution >= 0.6 is 11.6 Å². The molecule has 1 atom stereocenters. The molecule has 1 aromatic carbocycles. The van der Waals surface area contributed by atoms with E-state index in [1.54, 1.807) is 23.7 Å². The van der Waals surface area contributed by atoms with E-state index in [1.165, 1.54) is 6.20 Å². The molecule has 1 heterocycles. The van der Waals surface area contributed by atoms with Crippen LogP contribution in [0.15, 0.2) is 30.5 Å². The van der Waals surface area contributed by atoms with Crippen molar-refractivity contribution >= 4 is 23.4 Å². The van der Waals surface area contributed by atoms with Gasteiger partial charge in [-0.05, 0) is 52.3 Å². The molecule has 2 N–H and O–H groups in total. The van der Waals surface area contributed by atoms with Crippen LogP contribution in [0.4, 0.5) is 0 Å². The standard InChI is InChI=1S/C19H25ClN4O2/c1-6-16-15(11-21-24(16)14-9-7-8-13(20)10-14)18(26)22-12(2)17(25)23-19(3,4)5/h7-12H,6H2,1-5H3,(H,22,26)(H,23,25). The van der Waals surface area contributed by atoms with Crippen LogP contribution in [-0.4, -0.2) is 33.2 Å². The molecule has 0 aliphatic carbocycles. The Labute approximate surface area is 158 Å². The summed E-state index contributed by atoms with van der Waals surface area (Å²) in [4.78, 5) is 24.8. The minimum atomic E-state index is -0.652. The molecule has 0 bridgehead atoms. The summed E-state index contributed by atoms with van der Waals surface area (Å²) < 4.78 is 1.70. The van der Waals surface area contributed by atoms with Crippen molar-refractivity contribution in [1.82, 2.24) is 20.4 Å². The summed E-state index contributed by atoms with van der Waals surface area (Å²) in [6.07, 6.45) is 2.13. The van der Waals surface area contributed by atoms with Gasteiger partial charge in [-0.25, -0.2) is 4.68 Å². The molecule has 1 unspecified atom stereocenters. The lowest BCUT2D eigenvalue weighted by Crippen LogP contribution is -2.50. The molecule has 2 amide bonds. The highest BCUT2D eigenvalue weighted by Gasteiger charge is 2.23. The zero-order valence-electron chi connectivity index (χ0n) is 15.8. The van der Waals surface area contributed by atoms with Gasteiger partial charge in [0.2, 0.25) is 5.91 Å². The molecule has 26 heavy (non-hydrogen) atoms. The fourth-order valence-electron chi connectivity index (χ4n) is 2.55. The van der Waals surface area contributed by atoms with Crippen LogP contribution in [0.1, 0.15) is 50.7 Å². The average Bonchev–Trinajstić information content (AvgIpc) is 2.97. The zero-order valence-corrected chi connectivity index (χ0v) is 16.5. The lowest BCUT2D eigenvalue weighted by molar-refractivity contribution is -0.124. The van der Waals surface area contributed by atoms with Gasteiger partial charge in [0.25, 0.3) is 5.91 Å². The normalized spacial score (nSPS) is 12.5. The highest BCUT2D eigenvalue weighted by Crippen LogP contribution is 2.19. The van der Waals surface area contributed by atoms with Crippen LogP contribution in [0.25, 0.3) is 5.69 Å². The van der Waals surface area contributed by atoms with Crippen molar-refractivity contribution in [3.63, 3.8) is 0 Å². The van der Waals surface area contributed by atoms with E-state index in [0.717, 1.165) is 11.4 Å². The Bertz CT molecular complexity index is 808. The van der Waals surface area contributed by atoms with Gasteiger partial charge in [-0.1, -0.05) is 24.6 Å². The molecule has 0 spiro atoms. The smallest absolute Gasteiger partial charge is 0.255 e. The maximum atomic E-state index is 12.6. The molecule has 0 radical (unpaired) electrons. The number of halogens is 1. The summed E-state index contributed by atoms with van der Waals surface area (Å²) in [6.45, 7) is 9.29. The first-order valence-corrected chi connectivity index (χ1v) is 8.96. The number of rotatable bonds is 5. The molecule has 7 heteroatoms. The summed E-state index contributed by atoms with van der Waals surface area (Å²) >= 11 is 6.05. The first kappa shape index (κ1) is 20.0. The van der Waals surface area contributed by atoms with Gasteiger partial charge in [0.05, 0.1) is 23.1 Å². The molecular weight excluding hydrogens is 352 g/mol. The number of carbonyl (C=O) groups is 2. The quantitative estimate of drug-likeness (QED) is 0.841. The minimum absolute atomic E-state index is 0.230. The molecule has 6 nitrogen and oxygen atoms in total.